The fraction of sp³-hybridized carbons (Fsp3) is 0.769. The predicted octanol–water partition coefficient (Wildman–Crippen LogP) is 1.60. The summed E-state index contributed by atoms with van der Waals surface area (Å²) >= 11 is 0. The van der Waals surface area contributed by atoms with E-state index in [1.807, 2.05) is 6.20 Å². The van der Waals surface area contributed by atoms with Gasteiger partial charge in [0, 0.05) is 19.2 Å². The van der Waals surface area contributed by atoms with Crippen LogP contribution in [0.5, 0.6) is 0 Å². The summed E-state index contributed by atoms with van der Waals surface area (Å²) in [4.78, 5) is 4.70. The lowest BCUT2D eigenvalue weighted by molar-refractivity contribution is 0.00578. The van der Waals surface area contributed by atoms with Gasteiger partial charge in [-0.05, 0) is 40.5 Å². The first kappa shape index (κ1) is 12.2. The maximum absolute atomic E-state index is 6.02. The summed E-state index contributed by atoms with van der Waals surface area (Å²) in [5.74, 6) is 1.81. The zero-order chi connectivity index (χ0) is 13.1. The van der Waals surface area contributed by atoms with E-state index in [1.54, 1.807) is 0 Å². The zero-order valence-corrected chi connectivity index (χ0v) is 11.9. The van der Waals surface area contributed by atoms with E-state index in [-0.39, 0.29) is 18.3 Å². The van der Waals surface area contributed by atoms with Crippen molar-refractivity contribution in [2.45, 2.75) is 57.7 Å². The van der Waals surface area contributed by atoms with Crippen molar-refractivity contribution < 1.29 is 9.31 Å². The molecule has 4 nitrogen and oxygen atoms in total. The Labute approximate surface area is 109 Å². The molecular formula is C13H21BN2O2. The van der Waals surface area contributed by atoms with Crippen LogP contribution >= 0.6 is 0 Å². The third-order valence-corrected chi connectivity index (χ3v) is 4.37. The van der Waals surface area contributed by atoms with E-state index in [4.69, 9.17) is 14.3 Å². The Bertz CT molecular complexity index is 461. The van der Waals surface area contributed by atoms with Crippen molar-refractivity contribution in [1.29, 1.82) is 0 Å². The Kier molecular flexibility index (Phi) is 2.45. The van der Waals surface area contributed by atoms with Gasteiger partial charge in [-0.15, -0.1) is 0 Å². The van der Waals surface area contributed by atoms with E-state index in [0.717, 1.165) is 5.59 Å². The molecule has 1 aromatic rings. The molecule has 0 spiro atoms. The number of aromatic nitrogens is 2. The van der Waals surface area contributed by atoms with E-state index in [9.17, 15) is 0 Å². The first-order valence-electron chi connectivity index (χ1n) is 6.69. The molecule has 0 unspecified atom stereocenters. The van der Waals surface area contributed by atoms with Crippen LogP contribution in [0.2, 0.25) is 0 Å². The van der Waals surface area contributed by atoms with Gasteiger partial charge in [0.25, 0.3) is 0 Å². The molecule has 1 aliphatic carbocycles. The van der Waals surface area contributed by atoms with Crippen molar-refractivity contribution in [2.24, 2.45) is 7.05 Å². The second-order valence-corrected chi connectivity index (χ2v) is 6.50. The number of hydrogen-bond donors (Lipinski definition) is 0. The Morgan fingerprint density at radius 1 is 1.22 bits per heavy atom. The molecule has 0 amide bonds. The molecule has 1 saturated carbocycles. The Morgan fingerprint density at radius 3 is 2.28 bits per heavy atom. The molecule has 1 aliphatic heterocycles. The maximum atomic E-state index is 6.02. The minimum absolute atomic E-state index is 0.297. The van der Waals surface area contributed by atoms with Crippen LogP contribution in [0.4, 0.5) is 0 Å². The van der Waals surface area contributed by atoms with Gasteiger partial charge >= 0.3 is 7.12 Å². The predicted molar refractivity (Wildman–Crippen MR) is 70.9 cm³/mol. The summed E-state index contributed by atoms with van der Waals surface area (Å²) in [5.41, 5.74) is 0.308. The highest BCUT2D eigenvalue weighted by Gasteiger charge is 2.52. The van der Waals surface area contributed by atoms with Crippen molar-refractivity contribution >= 4 is 12.7 Å². The third kappa shape index (κ3) is 1.80. The van der Waals surface area contributed by atoms with E-state index in [2.05, 4.69) is 39.3 Å². The zero-order valence-electron chi connectivity index (χ0n) is 11.9. The molecule has 1 aromatic heterocycles. The van der Waals surface area contributed by atoms with E-state index >= 15 is 0 Å². The van der Waals surface area contributed by atoms with Gasteiger partial charge < -0.3 is 13.9 Å². The molecule has 0 bridgehead atoms. The summed E-state index contributed by atoms with van der Waals surface area (Å²) in [6, 6.07) is 0. The van der Waals surface area contributed by atoms with Crippen LogP contribution < -0.4 is 5.59 Å². The van der Waals surface area contributed by atoms with Gasteiger partial charge in [-0.1, -0.05) is 0 Å². The molecule has 98 valence electrons. The number of hydrogen-bond acceptors (Lipinski definition) is 3. The van der Waals surface area contributed by atoms with Gasteiger partial charge in [0.15, 0.2) is 0 Å². The number of aryl methyl sites for hydroxylation is 1. The average molecular weight is 248 g/mol. The molecule has 18 heavy (non-hydrogen) atoms. The summed E-state index contributed by atoms with van der Waals surface area (Å²) in [5, 5.41) is 0. The van der Waals surface area contributed by atoms with Crippen LogP contribution in [-0.4, -0.2) is 27.9 Å². The van der Waals surface area contributed by atoms with Crippen molar-refractivity contribution in [3.8, 4) is 0 Å². The van der Waals surface area contributed by atoms with E-state index < -0.39 is 0 Å². The minimum Gasteiger partial charge on any atom is -0.398 e. The maximum Gasteiger partial charge on any atom is 0.516 e. The smallest absolute Gasteiger partial charge is 0.398 e. The molecule has 0 atom stereocenters. The second kappa shape index (κ2) is 3.61. The Morgan fingerprint density at radius 2 is 1.78 bits per heavy atom. The lowest BCUT2D eigenvalue weighted by Gasteiger charge is -2.32. The Hall–Kier alpha value is -0.805. The molecule has 3 rings (SSSR count). The third-order valence-electron chi connectivity index (χ3n) is 4.37. The number of imidazole rings is 1. The number of rotatable bonds is 2. The largest absolute Gasteiger partial charge is 0.516 e. The first-order valence-corrected chi connectivity index (χ1v) is 6.69. The second-order valence-electron chi connectivity index (χ2n) is 6.50. The van der Waals surface area contributed by atoms with Crippen LogP contribution in [0.1, 0.15) is 52.3 Å². The van der Waals surface area contributed by atoms with Crippen molar-refractivity contribution in [2.75, 3.05) is 0 Å². The highest BCUT2D eigenvalue weighted by molar-refractivity contribution is 6.61. The van der Waals surface area contributed by atoms with Crippen LogP contribution in [0.15, 0.2) is 6.20 Å². The summed E-state index contributed by atoms with van der Waals surface area (Å²) < 4.78 is 14.2. The summed E-state index contributed by atoms with van der Waals surface area (Å²) in [7, 11) is 1.71. The summed E-state index contributed by atoms with van der Waals surface area (Å²) in [6.45, 7) is 8.27. The fourth-order valence-corrected chi connectivity index (χ4v) is 2.30. The standard InChI is InChI=1S/C13H21BN2O2/c1-12(2)13(3,4)18-14(17-12)10-8-16(5)11(15-10)9-6-7-9/h8-9H,6-7H2,1-5H3. The molecular weight excluding hydrogens is 227 g/mol. The fourth-order valence-electron chi connectivity index (χ4n) is 2.30. The quantitative estimate of drug-likeness (QED) is 0.746. The number of nitrogens with zero attached hydrogens (tertiary/aromatic N) is 2. The van der Waals surface area contributed by atoms with Gasteiger partial charge in [-0.3, -0.25) is 0 Å². The topological polar surface area (TPSA) is 36.3 Å². The van der Waals surface area contributed by atoms with E-state index in [0.29, 0.717) is 5.92 Å². The van der Waals surface area contributed by atoms with Gasteiger partial charge in [0.1, 0.15) is 5.82 Å². The van der Waals surface area contributed by atoms with Crippen molar-refractivity contribution in [3.63, 3.8) is 0 Å². The molecule has 2 aliphatic rings. The first-order chi connectivity index (χ1) is 8.30. The molecule has 2 fully saturated rings. The van der Waals surface area contributed by atoms with Gasteiger partial charge in [0.2, 0.25) is 0 Å². The van der Waals surface area contributed by atoms with Crippen molar-refractivity contribution in [3.05, 3.63) is 12.0 Å². The highest BCUT2D eigenvalue weighted by Crippen LogP contribution is 2.39. The molecule has 5 heteroatoms. The monoisotopic (exact) mass is 248 g/mol. The molecule has 2 heterocycles. The summed E-state index contributed by atoms with van der Waals surface area (Å²) in [6.07, 6.45) is 4.55. The average Bonchev–Trinajstić information content (AvgIpc) is 2.95. The van der Waals surface area contributed by atoms with E-state index in [1.165, 1.54) is 18.7 Å². The van der Waals surface area contributed by atoms with Gasteiger partial charge in [0.05, 0.1) is 16.8 Å². The van der Waals surface area contributed by atoms with Crippen molar-refractivity contribution in [1.82, 2.24) is 9.55 Å². The van der Waals surface area contributed by atoms with Crippen LogP contribution in [-0.2, 0) is 16.4 Å². The lowest BCUT2D eigenvalue weighted by atomic mass is 9.86. The van der Waals surface area contributed by atoms with Crippen LogP contribution in [0, 0.1) is 0 Å². The molecule has 1 saturated heterocycles. The highest BCUT2D eigenvalue weighted by atomic mass is 16.7. The normalized spacial score (nSPS) is 25.7. The molecule has 0 N–H and O–H groups in total. The SMILES string of the molecule is Cn1cc(B2OC(C)(C)C(C)(C)O2)nc1C1CC1. The van der Waals surface area contributed by atoms with Crippen LogP contribution in [0.3, 0.4) is 0 Å². The molecule has 0 radical (unpaired) electrons. The molecule has 0 aromatic carbocycles. The van der Waals surface area contributed by atoms with Crippen LogP contribution in [0.25, 0.3) is 0 Å². The minimum atomic E-state index is -0.339. The lowest BCUT2D eigenvalue weighted by Crippen LogP contribution is -2.41. The van der Waals surface area contributed by atoms with Gasteiger partial charge in [-0.25, -0.2) is 4.98 Å². The van der Waals surface area contributed by atoms with Gasteiger partial charge in [-0.2, -0.15) is 0 Å². The Balaban J connectivity index is 1.86.